The minimum Gasteiger partial charge on any atom is -0.485 e. The van der Waals surface area contributed by atoms with E-state index < -0.39 is 12.5 Å². The van der Waals surface area contributed by atoms with Gasteiger partial charge < -0.3 is 19.1 Å². The third-order valence-corrected chi connectivity index (χ3v) is 5.68. The van der Waals surface area contributed by atoms with Gasteiger partial charge in [0.15, 0.2) is 16.6 Å². The summed E-state index contributed by atoms with van der Waals surface area (Å²) in [6.07, 6.45) is -5.66. The van der Waals surface area contributed by atoms with Crippen LogP contribution in [0, 0.1) is 0 Å². The number of para-hydroxylation sites is 2. The van der Waals surface area contributed by atoms with Gasteiger partial charge in [0.2, 0.25) is 6.10 Å². The predicted molar refractivity (Wildman–Crippen MR) is 121 cm³/mol. The molecule has 0 aliphatic carbocycles. The molecule has 1 atom stereocenters. The fourth-order valence-corrected chi connectivity index (χ4v) is 4.15. The fourth-order valence-electron chi connectivity index (χ4n) is 3.12. The van der Waals surface area contributed by atoms with Crippen molar-refractivity contribution in [2.75, 3.05) is 38.7 Å². The van der Waals surface area contributed by atoms with Crippen LogP contribution < -0.4 is 19.1 Å². The van der Waals surface area contributed by atoms with Gasteiger partial charge in [-0.2, -0.15) is 0 Å². The van der Waals surface area contributed by atoms with E-state index in [4.69, 9.17) is 9.47 Å². The van der Waals surface area contributed by atoms with Gasteiger partial charge in [-0.3, -0.25) is 9.69 Å². The molecule has 2 aromatic carbocycles. The van der Waals surface area contributed by atoms with E-state index in [9.17, 15) is 18.0 Å². The quantitative estimate of drug-likeness (QED) is 0.498. The maximum atomic E-state index is 13.3. The number of alkyl halides is 3. The Hall–Kier alpha value is -2.76. The average Bonchev–Trinajstić information content (AvgIpc) is 3.15. The summed E-state index contributed by atoms with van der Waals surface area (Å²) in [5.41, 5.74) is 0.466. The number of ether oxygens (including phenoxy) is 3. The number of hydrogen-bond acceptors (Lipinski definition) is 7. The summed E-state index contributed by atoms with van der Waals surface area (Å²) >= 11 is 1.11. The van der Waals surface area contributed by atoms with E-state index >= 15 is 0 Å². The Morgan fingerprint density at radius 1 is 1.18 bits per heavy atom. The third-order valence-electron chi connectivity index (χ3n) is 4.63. The molecule has 1 unspecified atom stereocenters. The number of carbonyl (C=O) groups excluding carboxylic acids is 1. The molecule has 2 heterocycles. The summed E-state index contributed by atoms with van der Waals surface area (Å²) in [7, 11) is 3.75. The lowest BCUT2D eigenvalue weighted by Gasteiger charge is -2.30. The highest BCUT2D eigenvalue weighted by Gasteiger charge is 2.34. The Morgan fingerprint density at radius 3 is 2.61 bits per heavy atom. The highest BCUT2D eigenvalue weighted by Crippen LogP contribution is 2.35. The molecule has 0 saturated heterocycles. The summed E-state index contributed by atoms with van der Waals surface area (Å²) in [6, 6.07) is 11.0. The number of anilines is 1. The lowest BCUT2D eigenvalue weighted by molar-refractivity contribution is -0.274. The van der Waals surface area contributed by atoms with Gasteiger partial charge in [-0.25, -0.2) is 4.98 Å². The summed E-state index contributed by atoms with van der Waals surface area (Å²) in [6.45, 7) is 0.913. The van der Waals surface area contributed by atoms with Crippen LogP contribution in [0.15, 0.2) is 42.5 Å². The molecule has 178 valence electrons. The van der Waals surface area contributed by atoms with Crippen LogP contribution in [-0.2, 0) is 4.79 Å². The van der Waals surface area contributed by atoms with Gasteiger partial charge in [-0.05, 0) is 38.4 Å². The van der Waals surface area contributed by atoms with E-state index in [0.717, 1.165) is 11.3 Å². The van der Waals surface area contributed by atoms with Crippen LogP contribution in [0.1, 0.15) is 0 Å². The smallest absolute Gasteiger partial charge is 0.485 e. The van der Waals surface area contributed by atoms with Crippen molar-refractivity contribution in [2.24, 2.45) is 0 Å². The molecule has 0 fully saturated rings. The lowest BCUT2D eigenvalue weighted by Crippen LogP contribution is -2.48. The molecule has 0 spiro atoms. The Labute approximate surface area is 198 Å². The normalized spacial score (nSPS) is 15.3. The molecule has 0 saturated carbocycles. The van der Waals surface area contributed by atoms with Gasteiger partial charge in [0.1, 0.15) is 12.4 Å². The van der Waals surface area contributed by atoms with Crippen molar-refractivity contribution in [1.82, 2.24) is 9.88 Å². The molecular formula is C21H21ClF3N3O4S. The zero-order valence-electron chi connectivity index (χ0n) is 17.7. The predicted octanol–water partition coefficient (Wildman–Crippen LogP) is 4.35. The first kappa shape index (κ1) is 24.9. The molecular weight excluding hydrogens is 483 g/mol. The summed E-state index contributed by atoms with van der Waals surface area (Å²) in [5, 5.41) is 0.360. The highest BCUT2D eigenvalue weighted by atomic mass is 35.5. The number of likely N-dealkylation sites (N-methyl/N-ethyl adjacent to an activating group) is 1. The molecule has 1 aliphatic rings. The van der Waals surface area contributed by atoms with Crippen LogP contribution in [-0.4, -0.2) is 62.0 Å². The molecule has 4 rings (SSSR count). The van der Waals surface area contributed by atoms with Gasteiger partial charge in [0.05, 0.1) is 10.2 Å². The molecule has 1 aliphatic heterocycles. The monoisotopic (exact) mass is 503 g/mol. The maximum Gasteiger partial charge on any atom is 0.573 e. The highest BCUT2D eigenvalue weighted by molar-refractivity contribution is 7.22. The molecule has 33 heavy (non-hydrogen) atoms. The number of thiazole rings is 1. The first-order valence-corrected chi connectivity index (χ1v) is 10.5. The first-order chi connectivity index (χ1) is 15.2. The van der Waals surface area contributed by atoms with Crippen molar-refractivity contribution in [1.29, 1.82) is 0 Å². The topological polar surface area (TPSA) is 64.1 Å². The molecule has 0 bridgehead atoms. The number of amides is 1. The number of fused-ring (bicyclic) bond motifs is 2. The van der Waals surface area contributed by atoms with Crippen LogP contribution in [0.4, 0.5) is 18.3 Å². The second kappa shape index (κ2) is 10.0. The summed E-state index contributed by atoms with van der Waals surface area (Å²) in [5.74, 6) is 0.357. The van der Waals surface area contributed by atoms with E-state index in [0.29, 0.717) is 39.9 Å². The summed E-state index contributed by atoms with van der Waals surface area (Å²) in [4.78, 5) is 21.2. The van der Waals surface area contributed by atoms with Crippen molar-refractivity contribution in [2.45, 2.75) is 12.5 Å². The Morgan fingerprint density at radius 2 is 1.91 bits per heavy atom. The minimum atomic E-state index is -4.79. The number of carbonyl (C=O) groups is 1. The number of benzene rings is 2. The number of rotatable bonds is 6. The molecule has 1 amide bonds. The Bertz CT molecular complexity index is 1130. The maximum absolute atomic E-state index is 13.3. The zero-order chi connectivity index (χ0) is 22.9. The van der Waals surface area contributed by atoms with E-state index in [1.165, 1.54) is 23.1 Å². The van der Waals surface area contributed by atoms with Crippen molar-refractivity contribution >= 4 is 45.0 Å². The number of hydrogen-bond donors (Lipinski definition) is 0. The van der Waals surface area contributed by atoms with Gasteiger partial charge in [-0.1, -0.05) is 23.5 Å². The SMILES string of the molecule is CN(C)CCN(C(=O)C1COc2ccccc2O1)c1nc2ccc(OC(F)(F)F)cc2s1.Cl. The lowest BCUT2D eigenvalue weighted by atomic mass is 10.2. The molecule has 7 nitrogen and oxygen atoms in total. The van der Waals surface area contributed by atoms with E-state index in [1.54, 1.807) is 18.2 Å². The standard InChI is InChI=1S/C21H20F3N3O4S.ClH/c1-26(2)9-10-27(19(28)17-12-29-15-5-3-4-6-16(15)30-17)20-25-14-8-7-13(11-18(14)32-20)31-21(22,23)24;/h3-8,11,17H,9-10,12H2,1-2H3;1H. The van der Waals surface area contributed by atoms with Crippen molar-refractivity contribution < 1.29 is 32.2 Å². The molecule has 1 aromatic heterocycles. The zero-order valence-corrected chi connectivity index (χ0v) is 19.3. The number of aromatic nitrogens is 1. The van der Waals surface area contributed by atoms with Crippen LogP contribution in [0.25, 0.3) is 10.2 Å². The molecule has 0 N–H and O–H groups in total. The van der Waals surface area contributed by atoms with Gasteiger partial charge in [-0.15, -0.1) is 25.6 Å². The summed E-state index contributed by atoms with van der Waals surface area (Å²) < 4.78 is 53.6. The van der Waals surface area contributed by atoms with Crippen LogP contribution in [0.3, 0.4) is 0 Å². The fraction of sp³-hybridized carbons (Fsp3) is 0.333. The Balaban J connectivity index is 0.00000306. The van der Waals surface area contributed by atoms with Crippen LogP contribution in [0.2, 0.25) is 0 Å². The van der Waals surface area contributed by atoms with Crippen molar-refractivity contribution in [3.05, 3.63) is 42.5 Å². The molecule has 12 heteroatoms. The molecule has 3 aromatic rings. The second-order valence-corrected chi connectivity index (χ2v) is 8.34. The van der Waals surface area contributed by atoms with Crippen molar-refractivity contribution in [3.63, 3.8) is 0 Å². The third kappa shape index (κ3) is 5.98. The average molecular weight is 504 g/mol. The van der Waals surface area contributed by atoms with E-state index in [1.807, 2.05) is 25.1 Å². The van der Waals surface area contributed by atoms with Crippen molar-refractivity contribution in [3.8, 4) is 17.2 Å². The van der Waals surface area contributed by atoms with Gasteiger partial charge >= 0.3 is 6.36 Å². The number of nitrogens with zero attached hydrogens (tertiary/aromatic N) is 3. The Kier molecular flexibility index (Phi) is 7.55. The largest absolute Gasteiger partial charge is 0.573 e. The van der Waals surface area contributed by atoms with Gasteiger partial charge in [0.25, 0.3) is 5.91 Å². The van der Waals surface area contributed by atoms with Gasteiger partial charge in [0, 0.05) is 19.2 Å². The first-order valence-electron chi connectivity index (χ1n) is 9.70. The van der Waals surface area contributed by atoms with Crippen LogP contribution >= 0.6 is 23.7 Å². The number of halogens is 4. The minimum absolute atomic E-state index is 0. The van der Waals surface area contributed by atoms with E-state index in [-0.39, 0.29) is 30.7 Å². The van der Waals surface area contributed by atoms with E-state index in [2.05, 4.69) is 9.72 Å². The second-order valence-electron chi connectivity index (χ2n) is 7.33. The van der Waals surface area contributed by atoms with Crippen LogP contribution in [0.5, 0.6) is 17.2 Å². The molecule has 0 radical (unpaired) electrons.